The number of hydrogen-bond donors (Lipinski definition) is 1. The van der Waals surface area contributed by atoms with Gasteiger partial charge in [-0.1, -0.05) is 23.2 Å². The first-order valence-corrected chi connectivity index (χ1v) is 6.58. The summed E-state index contributed by atoms with van der Waals surface area (Å²) < 4.78 is 0. The molecule has 4 nitrogen and oxygen atoms in total. The van der Waals surface area contributed by atoms with Gasteiger partial charge in [0.15, 0.2) is 5.82 Å². The third-order valence-electron chi connectivity index (χ3n) is 2.79. The Balaban J connectivity index is 2.52. The molecule has 2 aromatic rings. The first-order chi connectivity index (χ1) is 9.02. The molecule has 2 rings (SSSR count). The molecular weight excluding hydrogens is 283 g/mol. The zero-order chi connectivity index (χ0) is 14.0. The van der Waals surface area contributed by atoms with Gasteiger partial charge in [0.1, 0.15) is 5.69 Å². The number of aromatic nitrogens is 3. The van der Waals surface area contributed by atoms with Crippen molar-refractivity contribution in [3.63, 3.8) is 0 Å². The van der Waals surface area contributed by atoms with Crippen molar-refractivity contribution in [3.05, 3.63) is 39.3 Å². The van der Waals surface area contributed by atoms with Crippen LogP contribution in [0.2, 0.25) is 10.0 Å². The molecule has 0 radical (unpaired) electrons. The van der Waals surface area contributed by atoms with Gasteiger partial charge in [-0.25, -0.2) is 15.0 Å². The Labute approximate surface area is 122 Å². The summed E-state index contributed by atoms with van der Waals surface area (Å²) in [5, 5.41) is 4.05. The summed E-state index contributed by atoms with van der Waals surface area (Å²) >= 11 is 12.0. The van der Waals surface area contributed by atoms with Gasteiger partial charge in [-0.15, -0.1) is 0 Å². The van der Waals surface area contributed by atoms with Crippen LogP contribution in [0.25, 0.3) is 11.5 Å². The van der Waals surface area contributed by atoms with Crippen molar-refractivity contribution >= 4 is 23.2 Å². The number of rotatable bonds is 3. The van der Waals surface area contributed by atoms with E-state index < -0.39 is 0 Å². The molecule has 2 heterocycles. The van der Waals surface area contributed by atoms with Gasteiger partial charge >= 0.3 is 0 Å². The minimum atomic E-state index is 0.452. The Kier molecular flexibility index (Phi) is 4.34. The van der Waals surface area contributed by atoms with E-state index in [2.05, 4.69) is 20.3 Å². The number of nitrogens with one attached hydrogen (secondary N) is 1. The number of halogens is 2. The molecule has 0 aromatic carbocycles. The van der Waals surface area contributed by atoms with Gasteiger partial charge in [0.2, 0.25) is 0 Å². The van der Waals surface area contributed by atoms with E-state index in [0.717, 1.165) is 23.5 Å². The first-order valence-electron chi connectivity index (χ1n) is 5.83. The second-order valence-corrected chi connectivity index (χ2v) is 5.05. The van der Waals surface area contributed by atoms with Crippen molar-refractivity contribution in [1.82, 2.24) is 20.3 Å². The predicted molar refractivity (Wildman–Crippen MR) is 77.5 cm³/mol. The first kappa shape index (κ1) is 14.2. The van der Waals surface area contributed by atoms with E-state index in [1.54, 1.807) is 6.07 Å². The third kappa shape index (κ3) is 3.03. The van der Waals surface area contributed by atoms with E-state index in [1.165, 1.54) is 6.20 Å². The van der Waals surface area contributed by atoms with E-state index >= 15 is 0 Å². The number of hydrogen-bond acceptors (Lipinski definition) is 4. The van der Waals surface area contributed by atoms with Crippen molar-refractivity contribution in [2.24, 2.45) is 0 Å². The van der Waals surface area contributed by atoms with Gasteiger partial charge < -0.3 is 5.32 Å². The highest BCUT2D eigenvalue weighted by atomic mass is 35.5. The van der Waals surface area contributed by atoms with E-state index in [0.29, 0.717) is 21.6 Å². The van der Waals surface area contributed by atoms with E-state index in [9.17, 15) is 0 Å². The maximum absolute atomic E-state index is 6.13. The molecule has 100 valence electrons. The molecule has 0 atom stereocenters. The average Bonchev–Trinajstić information content (AvgIpc) is 2.33. The Morgan fingerprint density at radius 1 is 1.16 bits per heavy atom. The minimum absolute atomic E-state index is 0.452. The molecule has 0 bridgehead atoms. The molecule has 0 unspecified atom stereocenters. The molecule has 0 saturated carbocycles. The quantitative estimate of drug-likeness (QED) is 0.945. The summed E-state index contributed by atoms with van der Waals surface area (Å²) in [6.07, 6.45) is 1.54. The van der Waals surface area contributed by atoms with Crippen LogP contribution in [-0.4, -0.2) is 22.0 Å². The largest absolute Gasteiger partial charge is 0.316 e. The van der Waals surface area contributed by atoms with Crippen molar-refractivity contribution < 1.29 is 0 Å². The molecule has 0 spiro atoms. The summed E-state index contributed by atoms with van der Waals surface area (Å²) in [7, 11) is 1.89. The van der Waals surface area contributed by atoms with Crippen LogP contribution < -0.4 is 5.32 Å². The molecule has 1 N–H and O–H groups in total. The SMILES string of the molecule is CNCc1c(C)nc(-c2ncc(Cl)cc2Cl)nc1C. The van der Waals surface area contributed by atoms with Gasteiger partial charge in [0.25, 0.3) is 0 Å². The fourth-order valence-electron chi connectivity index (χ4n) is 1.86. The molecule has 0 amide bonds. The molecule has 0 aliphatic carbocycles. The van der Waals surface area contributed by atoms with Crippen molar-refractivity contribution in [2.45, 2.75) is 20.4 Å². The molecule has 2 aromatic heterocycles. The van der Waals surface area contributed by atoms with E-state index in [1.807, 2.05) is 20.9 Å². The lowest BCUT2D eigenvalue weighted by atomic mass is 10.1. The second kappa shape index (κ2) is 5.82. The number of nitrogens with zero attached hydrogens (tertiary/aromatic N) is 3. The lowest BCUT2D eigenvalue weighted by molar-refractivity contribution is 0.787. The number of pyridine rings is 1. The summed E-state index contributed by atoms with van der Waals surface area (Å²) in [5.74, 6) is 0.525. The summed E-state index contributed by atoms with van der Waals surface area (Å²) in [6.45, 7) is 4.64. The average molecular weight is 297 g/mol. The Bertz CT molecular complexity index is 591. The monoisotopic (exact) mass is 296 g/mol. The molecule has 19 heavy (non-hydrogen) atoms. The van der Waals surface area contributed by atoms with Gasteiger partial charge in [-0.2, -0.15) is 0 Å². The predicted octanol–water partition coefficient (Wildman–Crippen LogP) is 3.18. The zero-order valence-electron chi connectivity index (χ0n) is 11.0. The van der Waals surface area contributed by atoms with Gasteiger partial charge in [0, 0.05) is 29.7 Å². The van der Waals surface area contributed by atoms with Crippen LogP contribution >= 0.6 is 23.2 Å². The number of aryl methyl sites for hydroxylation is 2. The van der Waals surface area contributed by atoms with Crippen LogP contribution in [0.15, 0.2) is 12.3 Å². The Morgan fingerprint density at radius 2 is 1.79 bits per heavy atom. The fourth-order valence-corrected chi connectivity index (χ4v) is 2.32. The smallest absolute Gasteiger partial charge is 0.180 e. The lowest BCUT2D eigenvalue weighted by Gasteiger charge is -2.10. The molecule has 0 aliphatic heterocycles. The van der Waals surface area contributed by atoms with E-state index in [-0.39, 0.29) is 0 Å². The maximum Gasteiger partial charge on any atom is 0.180 e. The Hall–Kier alpha value is -1.23. The maximum atomic E-state index is 6.13. The standard InChI is InChI=1S/C13H14Cl2N4/c1-7-10(6-16-3)8(2)19-13(18-7)12-11(15)4-9(14)5-17-12/h4-5,16H,6H2,1-3H3. The Morgan fingerprint density at radius 3 is 2.32 bits per heavy atom. The van der Waals surface area contributed by atoms with Gasteiger partial charge in [-0.05, 0) is 27.0 Å². The van der Waals surface area contributed by atoms with Crippen molar-refractivity contribution in [2.75, 3.05) is 7.05 Å². The lowest BCUT2D eigenvalue weighted by Crippen LogP contribution is -2.11. The topological polar surface area (TPSA) is 50.7 Å². The second-order valence-electron chi connectivity index (χ2n) is 4.21. The van der Waals surface area contributed by atoms with Crippen molar-refractivity contribution in [3.8, 4) is 11.5 Å². The minimum Gasteiger partial charge on any atom is -0.316 e. The highest BCUT2D eigenvalue weighted by molar-refractivity contribution is 6.35. The molecule has 0 aliphatic rings. The van der Waals surface area contributed by atoms with Crippen molar-refractivity contribution in [1.29, 1.82) is 0 Å². The van der Waals surface area contributed by atoms with E-state index in [4.69, 9.17) is 23.2 Å². The molecule has 0 saturated heterocycles. The fraction of sp³-hybridized carbons (Fsp3) is 0.308. The van der Waals surface area contributed by atoms with Gasteiger partial charge in [-0.3, -0.25) is 0 Å². The van der Waals surface area contributed by atoms with Crippen LogP contribution in [0, 0.1) is 13.8 Å². The highest BCUT2D eigenvalue weighted by Crippen LogP contribution is 2.26. The summed E-state index contributed by atoms with van der Waals surface area (Å²) in [4.78, 5) is 13.1. The van der Waals surface area contributed by atoms with Crippen LogP contribution in [0.4, 0.5) is 0 Å². The normalized spacial score (nSPS) is 10.8. The molecule has 0 fully saturated rings. The summed E-state index contributed by atoms with van der Waals surface area (Å²) in [6, 6.07) is 1.64. The highest BCUT2D eigenvalue weighted by Gasteiger charge is 2.13. The van der Waals surface area contributed by atoms with Crippen LogP contribution in [0.3, 0.4) is 0 Å². The van der Waals surface area contributed by atoms with Gasteiger partial charge in [0.05, 0.1) is 10.0 Å². The van der Waals surface area contributed by atoms with Crippen LogP contribution in [-0.2, 0) is 6.54 Å². The third-order valence-corrected chi connectivity index (χ3v) is 3.29. The molecule has 6 heteroatoms. The molecular formula is C13H14Cl2N4. The van der Waals surface area contributed by atoms with Crippen LogP contribution in [0.1, 0.15) is 17.0 Å². The van der Waals surface area contributed by atoms with Crippen LogP contribution in [0.5, 0.6) is 0 Å². The zero-order valence-corrected chi connectivity index (χ0v) is 12.5. The summed E-state index contributed by atoms with van der Waals surface area (Å²) in [5.41, 5.74) is 3.49.